The summed E-state index contributed by atoms with van der Waals surface area (Å²) in [6.45, 7) is 3.31. The SMILES string of the molecule is CCCN(Cc1cc(-c2ccccc2)nc2ccccc12)C(=O)Cc1ccccc1Oc1ccccc1. The minimum atomic E-state index is 0.0770. The first-order valence-corrected chi connectivity index (χ1v) is 12.7. The van der Waals surface area contributed by atoms with Crippen molar-refractivity contribution in [2.24, 2.45) is 0 Å². The summed E-state index contributed by atoms with van der Waals surface area (Å²) in [6.07, 6.45) is 1.15. The number of benzene rings is 4. The molecule has 184 valence electrons. The van der Waals surface area contributed by atoms with Crippen LogP contribution in [0.4, 0.5) is 0 Å². The highest BCUT2D eigenvalue weighted by Crippen LogP contribution is 2.28. The zero-order valence-electron chi connectivity index (χ0n) is 21.0. The Morgan fingerprint density at radius 3 is 2.24 bits per heavy atom. The van der Waals surface area contributed by atoms with E-state index in [2.05, 4.69) is 31.2 Å². The third-order valence-electron chi connectivity index (χ3n) is 6.36. The fraction of sp³-hybridized carbons (Fsp3) is 0.152. The molecule has 0 aliphatic carbocycles. The fourth-order valence-electron chi connectivity index (χ4n) is 4.54. The fourth-order valence-corrected chi connectivity index (χ4v) is 4.54. The number of nitrogens with zero attached hydrogens (tertiary/aromatic N) is 2. The van der Waals surface area contributed by atoms with Crippen LogP contribution in [0.3, 0.4) is 0 Å². The molecule has 0 unspecified atom stereocenters. The summed E-state index contributed by atoms with van der Waals surface area (Å²) >= 11 is 0. The number of rotatable bonds is 9. The molecule has 1 amide bonds. The van der Waals surface area contributed by atoms with Gasteiger partial charge in [0, 0.05) is 29.6 Å². The smallest absolute Gasteiger partial charge is 0.227 e. The predicted molar refractivity (Wildman–Crippen MR) is 150 cm³/mol. The molecule has 37 heavy (non-hydrogen) atoms. The van der Waals surface area contributed by atoms with Crippen molar-refractivity contribution in [3.63, 3.8) is 0 Å². The minimum absolute atomic E-state index is 0.0770. The average Bonchev–Trinajstić information content (AvgIpc) is 2.95. The van der Waals surface area contributed by atoms with Gasteiger partial charge in [-0.25, -0.2) is 4.98 Å². The number of ether oxygens (including phenoxy) is 1. The molecule has 5 aromatic rings. The van der Waals surface area contributed by atoms with Crippen LogP contribution in [0.5, 0.6) is 11.5 Å². The summed E-state index contributed by atoms with van der Waals surface area (Å²) in [4.78, 5) is 20.5. The zero-order chi connectivity index (χ0) is 25.5. The van der Waals surface area contributed by atoms with Gasteiger partial charge in [-0.3, -0.25) is 4.79 Å². The first-order valence-electron chi connectivity index (χ1n) is 12.7. The highest BCUT2D eigenvalue weighted by molar-refractivity contribution is 5.86. The molecule has 4 aromatic carbocycles. The molecule has 0 fully saturated rings. The van der Waals surface area contributed by atoms with Gasteiger partial charge in [0.15, 0.2) is 0 Å². The van der Waals surface area contributed by atoms with E-state index >= 15 is 0 Å². The van der Waals surface area contributed by atoms with Crippen molar-refractivity contribution >= 4 is 16.8 Å². The second-order valence-corrected chi connectivity index (χ2v) is 9.06. The molecule has 0 aliphatic heterocycles. The molecule has 0 saturated heterocycles. The number of carbonyl (C=O) groups excluding carboxylic acids is 1. The number of hydrogen-bond donors (Lipinski definition) is 0. The number of amides is 1. The van der Waals surface area contributed by atoms with Gasteiger partial charge in [0.1, 0.15) is 11.5 Å². The molecule has 0 bridgehead atoms. The molecule has 0 saturated carbocycles. The Balaban J connectivity index is 1.43. The van der Waals surface area contributed by atoms with Gasteiger partial charge in [-0.15, -0.1) is 0 Å². The highest BCUT2D eigenvalue weighted by Gasteiger charge is 2.18. The largest absolute Gasteiger partial charge is 0.457 e. The molecule has 5 rings (SSSR count). The molecule has 0 radical (unpaired) electrons. The van der Waals surface area contributed by atoms with Gasteiger partial charge in [-0.1, -0.05) is 91.9 Å². The Morgan fingerprint density at radius 2 is 1.46 bits per heavy atom. The molecule has 1 aromatic heterocycles. The van der Waals surface area contributed by atoms with E-state index in [1.54, 1.807) is 0 Å². The van der Waals surface area contributed by atoms with E-state index in [0.29, 0.717) is 18.8 Å². The van der Waals surface area contributed by atoms with Gasteiger partial charge in [0.05, 0.1) is 17.6 Å². The molecule has 0 N–H and O–H groups in total. The summed E-state index contributed by atoms with van der Waals surface area (Å²) in [5.41, 5.74) is 4.89. The predicted octanol–water partition coefficient (Wildman–Crippen LogP) is 7.68. The second kappa shape index (κ2) is 11.5. The van der Waals surface area contributed by atoms with Gasteiger partial charge < -0.3 is 9.64 Å². The maximum Gasteiger partial charge on any atom is 0.227 e. The van der Waals surface area contributed by atoms with Crippen LogP contribution >= 0.6 is 0 Å². The molecule has 0 atom stereocenters. The van der Waals surface area contributed by atoms with Crippen LogP contribution in [0, 0.1) is 0 Å². The summed E-state index contributed by atoms with van der Waals surface area (Å²) in [6, 6.07) is 37.9. The summed E-state index contributed by atoms with van der Waals surface area (Å²) < 4.78 is 6.11. The van der Waals surface area contributed by atoms with Crippen molar-refractivity contribution in [2.45, 2.75) is 26.3 Å². The summed E-state index contributed by atoms with van der Waals surface area (Å²) in [7, 11) is 0. The van der Waals surface area contributed by atoms with Crippen molar-refractivity contribution < 1.29 is 9.53 Å². The Labute approximate surface area is 218 Å². The lowest BCUT2D eigenvalue weighted by Gasteiger charge is -2.24. The molecule has 4 nitrogen and oxygen atoms in total. The van der Waals surface area contributed by atoms with Gasteiger partial charge in [0.25, 0.3) is 0 Å². The molecule has 0 spiro atoms. The van der Waals surface area contributed by atoms with Crippen LogP contribution in [0.15, 0.2) is 115 Å². The Kier molecular flexibility index (Phi) is 7.56. The number of aromatic nitrogens is 1. The lowest BCUT2D eigenvalue weighted by atomic mass is 10.0. The number of carbonyl (C=O) groups is 1. The monoisotopic (exact) mass is 486 g/mol. The topological polar surface area (TPSA) is 42.4 Å². The van der Waals surface area contributed by atoms with Crippen LogP contribution in [0.1, 0.15) is 24.5 Å². The standard InChI is InChI=1S/C33H30N2O2/c1-2-21-35(33(36)23-26-15-9-12-20-32(26)37-28-16-7-4-8-17-28)24-27-22-31(25-13-5-3-6-14-25)34-30-19-11-10-18-29(27)30/h3-20,22H,2,21,23-24H2,1H3. The third-order valence-corrected chi connectivity index (χ3v) is 6.36. The van der Waals surface area contributed by atoms with E-state index in [9.17, 15) is 4.79 Å². The van der Waals surface area contributed by atoms with E-state index in [4.69, 9.17) is 9.72 Å². The van der Waals surface area contributed by atoms with Gasteiger partial charge >= 0.3 is 0 Å². The molecular weight excluding hydrogens is 456 g/mol. The van der Waals surface area contributed by atoms with Gasteiger partial charge in [-0.05, 0) is 42.3 Å². The number of fused-ring (bicyclic) bond motifs is 1. The van der Waals surface area contributed by atoms with E-state index in [-0.39, 0.29) is 12.3 Å². The maximum atomic E-state index is 13.7. The molecule has 4 heteroatoms. The van der Waals surface area contributed by atoms with Crippen LogP contribution < -0.4 is 4.74 Å². The van der Waals surface area contributed by atoms with Crippen molar-refractivity contribution in [1.82, 2.24) is 9.88 Å². The third kappa shape index (κ3) is 5.87. The molecular formula is C33H30N2O2. The van der Waals surface area contributed by atoms with E-state index in [0.717, 1.165) is 45.5 Å². The van der Waals surface area contributed by atoms with Crippen LogP contribution in [0.2, 0.25) is 0 Å². The van der Waals surface area contributed by atoms with E-state index in [1.807, 2.05) is 95.9 Å². The lowest BCUT2D eigenvalue weighted by Crippen LogP contribution is -2.32. The van der Waals surface area contributed by atoms with Crippen molar-refractivity contribution in [3.8, 4) is 22.8 Å². The highest BCUT2D eigenvalue weighted by atomic mass is 16.5. The van der Waals surface area contributed by atoms with Crippen molar-refractivity contribution in [2.75, 3.05) is 6.54 Å². The first kappa shape index (κ1) is 24.3. The quantitative estimate of drug-likeness (QED) is 0.215. The zero-order valence-corrected chi connectivity index (χ0v) is 21.0. The van der Waals surface area contributed by atoms with E-state index in [1.165, 1.54) is 0 Å². The normalized spacial score (nSPS) is 10.8. The van der Waals surface area contributed by atoms with Crippen LogP contribution in [0.25, 0.3) is 22.2 Å². The summed E-state index contributed by atoms with van der Waals surface area (Å²) in [5, 5.41) is 1.07. The average molecular weight is 487 g/mol. The maximum absolute atomic E-state index is 13.7. The minimum Gasteiger partial charge on any atom is -0.457 e. The lowest BCUT2D eigenvalue weighted by molar-refractivity contribution is -0.131. The number of para-hydroxylation sites is 3. The van der Waals surface area contributed by atoms with Crippen molar-refractivity contribution in [1.29, 1.82) is 0 Å². The van der Waals surface area contributed by atoms with Crippen molar-refractivity contribution in [3.05, 3.63) is 126 Å². The van der Waals surface area contributed by atoms with E-state index < -0.39 is 0 Å². The first-order chi connectivity index (χ1) is 18.2. The number of pyridine rings is 1. The Bertz CT molecular complexity index is 1480. The molecule has 1 heterocycles. The van der Waals surface area contributed by atoms with Crippen LogP contribution in [-0.2, 0) is 17.8 Å². The Hall–Kier alpha value is -4.44. The molecule has 0 aliphatic rings. The van der Waals surface area contributed by atoms with Crippen LogP contribution in [-0.4, -0.2) is 22.3 Å². The number of hydrogen-bond acceptors (Lipinski definition) is 3. The van der Waals surface area contributed by atoms with Gasteiger partial charge in [-0.2, -0.15) is 0 Å². The Morgan fingerprint density at radius 1 is 0.784 bits per heavy atom. The summed E-state index contributed by atoms with van der Waals surface area (Å²) in [5.74, 6) is 1.54. The van der Waals surface area contributed by atoms with Gasteiger partial charge in [0.2, 0.25) is 5.91 Å². The second-order valence-electron chi connectivity index (χ2n) is 9.06.